The fraction of sp³-hybridized carbons (Fsp3) is 0.800. The molecule has 1 fully saturated rings. The zero-order valence-corrected chi connectivity index (χ0v) is 17.7. The van der Waals surface area contributed by atoms with E-state index >= 15 is 0 Å². The van der Waals surface area contributed by atoms with Gasteiger partial charge in [0.25, 0.3) is 0 Å². The van der Waals surface area contributed by atoms with Crippen molar-refractivity contribution in [3.05, 3.63) is 0 Å². The Hall–Kier alpha value is -2.32. The molecule has 0 bridgehead atoms. The first-order chi connectivity index (χ1) is 14.9. The SMILES string of the molecule is [2H]C([2H])([2H])N1C(=N)N(N=C(N)N)CCCCCCCCCCCCC(=O)OC(=O)C1(C)C. The Kier molecular flexibility index (Phi) is 8.46. The van der Waals surface area contributed by atoms with Crippen molar-refractivity contribution >= 4 is 23.9 Å². The third-order valence-corrected chi connectivity index (χ3v) is 4.96. The molecule has 9 nitrogen and oxygen atoms in total. The van der Waals surface area contributed by atoms with Crippen LogP contribution in [0, 0.1) is 5.41 Å². The third kappa shape index (κ3) is 8.70. The average Bonchev–Trinajstić information content (AvgIpc) is 2.65. The van der Waals surface area contributed by atoms with Gasteiger partial charge in [0.1, 0.15) is 5.54 Å². The molecule has 1 heterocycles. The van der Waals surface area contributed by atoms with Crippen LogP contribution < -0.4 is 11.5 Å². The summed E-state index contributed by atoms with van der Waals surface area (Å²) in [7, 11) is 0. The Balaban J connectivity index is 3.19. The van der Waals surface area contributed by atoms with Gasteiger partial charge in [0.05, 0.1) is 0 Å². The molecule has 0 atom stereocenters. The number of nitrogens with two attached hydrogens (primary N) is 2. The number of nitrogens with one attached hydrogen (secondary N) is 1. The number of cyclic esters (lactones) is 2. The summed E-state index contributed by atoms with van der Waals surface area (Å²) >= 11 is 0. The zero-order valence-electron chi connectivity index (χ0n) is 20.7. The van der Waals surface area contributed by atoms with Gasteiger partial charge in [-0.1, -0.05) is 51.4 Å². The maximum absolute atomic E-state index is 12.8. The highest BCUT2D eigenvalue weighted by atomic mass is 16.6. The van der Waals surface area contributed by atoms with E-state index in [9.17, 15) is 9.59 Å². The number of hydrogen-bond donors (Lipinski definition) is 3. The van der Waals surface area contributed by atoms with Crippen molar-refractivity contribution in [3.8, 4) is 0 Å². The molecule has 1 saturated heterocycles. The highest BCUT2D eigenvalue weighted by Gasteiger charge is 2.38. The lowest BCUT2D eigenvalue weighted by Crippen LogP contribution is -2.55. The van der Waals surface area contributed by atoms with Gasteiger partial charge in [-0.2, -0.15) is 0 Å². The van der Waals surface area contributed by atoms with Crippen LogP contribution in [0.15, 0.2) is 5.10 Å². The van der Waals surface area contributed by atoms with Crippen molar-refractivity contribution in [1.29, 1.82) is 5.41 Å². The number of carbonyl (C=O) groups is 2. The first kappa shape index (κ1) is 20.0. The first-order valence-electron chi connectivity index (χ1n) is 11.9. The molecule has 0 amide bonds. The predicted octanol–water partition coefficient (Wildman–Crippen LogP) is 2.50. The van der Waals surface area contributed by atoms with Gasteiger partial charge in [0, 0.05) is 24.1 Å². The van der Waals surface area contributed by atoms with Crippen molar-refractivity contribution in [3.63, 3.8) is 0 Å². The second-order valence-electron chi connectivity index (χ2n) is 7.91. The molecule has 0 aromatic heterocycles. The monoisotopic (exact) mass is 413 g/mol. The summed E-state index contributed by atoms with van der Waals surface area (Å²) in [5, 5.41) is 13.5. The summed E-state index contributed by atoms with van der Waals surface area (Å²) in [6.45, 7) is -0.106. The molecular formula is C20H38N6O3. The fourth-order valence-corrected chi connectivity index (χ4v) is 3.04. The topological polar surface area (TPSA) is 138 Å². The van der Waals surface area contributed by atoms with Crippen LogP contribution in [0.4, 0.5) is 0 Å². The van der Waals surface area contributed by atoms with Gasteiger partial charge in [-0.25, -0.2) is 9.80 Å². The summed E-state index contributed by atoms with van der Waals surface area (Å²) in [4.78, 5) is 25.5. The van der Waals surface area contributed by atoms with E-state index in [2.05, 4.69) is 5.10 Å². The number of hydrogen-bond acceptors (Lipinski definition) is 5. The van der Waals surface area contributed by atoms with Gasteiger partial charge in [-0.3, -0.25) is 10.2 Å². The smallest absolute Gasteiger partial charge is 0.339 e. The summed E-state index contributed by atoms with van der Waals surface area (Å²) < 4.78 is 28.7. The van der Waals surface area contributed by atoms with E-state index in [1.54, 1.807) is 0 Å². The summed E-state index contributed by atoms with van der Waals surface area (Å²) in [6, 6.07) is 0. The summed E-state index contributed by atoms with van der Waals surface area (Å²) in [5.41, 5.74) is 9.14. The Morgan fingerprint density at radius 1 is 1.03 bits per heavy atom. The predicted molar refractivity (Wildman–Crippen MR) is 114 cm³/mol. The average molecular weight is 414 g/mol. The number of hydrazone groups is 1. The lowest BCUT2D eigenvalue weighted by atomic mass is 10.0. The van der Waals surface area contributed by atoms with E-state index in [0.717, 1.165) is 56.4 Å². The molecule has 0 radical (unpaired) electrons. The Morgan fingerprint density at radius 3 is 2.07 bits per heavy atom. The third-order valence-electron chi connectivity index (χ3n) is 4.96. The molecule has 29 heavy (non-hydrogen) atoms. The number of nitrogens with zero attached hydrogens (tertiary/aromatic N) is 3. The van der Waals surface area contributed by atoms with Crippen LogP contribution in [-0.2, 0) is 14.3 Å². The standard InChI is InChI=1S/C20H38N6O3/c1-20(2)17(28)29-16(27)14-12-10-8-6-4-5-7-9-11-13-15-26(24-18(21)22)19(23)25(20)3/h23H,4-15H2,1-3H3,(H4,21,22,24)/i3D3. The van der Waals surface area contributed by atoms with Crippen molar-refractivity contribution in [2.24, 2.45) is 16.6 Å². The molecule has 1 aliphatic heterocycles. The first-order valence-corrected chi connectivity index (χ1v) is 10.4. The van der Waals surface area contributed by atoms with Crippen LogP contribution in [0.2, 0.25) is 0 Å². The highest BCUT2D eigenvalue weighted by molar-refractivity contribution is 5.93. The lowest BCUT2D eigenvalue weighted by molar-refractivity contribution is -0.166. The van der Waals surface area contributed by atoms with Gasteiger partial charge in [-0.05, 0) is 26.7 Å². The molecule has 0 aliphatic carbocycles. The Morgan fingerprint density at radius 2 is 1.55 bits per heavy atom. The minimum absolute atomic E-state index is 0.0765. The molecule has 0 aromatic rings. The number of guanidine groups is 2. The van der Waals surface area contributed by atoms with Crippen LogP contribution in [0.1, 0.15) is 88.6 Å². The minimum Gasteiger partial charge on any atom is -0.391 e. The van der Waals surface area contributed by atoms with Crippen molar-refractivity contribution < 1.29 is 18.4 Å². The van der Waals surface area contributed by atoms with E-state index in [-0.39, 0.29) is 18.9 Å². The van der Waals surface area contributed by atoms with Crippen LogP contribution in [0.5, 0.6) is 0 Å². The molecular weight excluding hydrogens is 372 g/mol. The molecule has 9 heteroatoms. The largest absolute Gasteiger partial charge is 0.391 e. The zero-order chi connectivity index (χ0) is 24.4. The number of likely N-dealkylation sites (N-methyl/N-ethyl adjacent to an activating group) is 1. The molecule has 5 N–H and O–H groups in total. The highest BCUT2D eigenvalue weighted by Crippen LogP contribution is 2.19. The van der Waals surface area contributed by atoms with Gasteiger partial charge >= 0.3 is 11.9 Å². The van der Waals surface area contributed by atoms with E-state index in [4.69, 9.17) is 25.7 Å². The van der Waals surface area contributed by atoms with Crippen LogP contribution >= 0.6 is 0 Å². The summed E-state index contributed by atoms with van der Waals surface area (Å²) in [6.07, 6.45) is 9.54. The summed E-state index contributed by atoms with van der Waals surface area (Å²) in [5.74, 6) is -2.68. The van der Waals surface area contributed by atoms with Crippen LogP contribution in [0.25, 0.3) is 0 Å². The second kappa shape index (κ2) is 12.3. The molecule has 1 aliphatic rings. The number of carbonyl (C=O) groups excluding carboxylic acids is 2. The minimum atomic E-state index is -2.89. The molecule has 0 spiro atoms. The number of esters is 2. The quantitative estimate of drug-likeness (QED) is 0.260. The lowest BCUT2D eigenvalue weighted by Gasteiger charge is -2.37. The molecule has 0 saturated carbocycles. The van der Waals surface area contributed by atoms with Gasteiger partial charge in [0.15, 0.2) is 0 Å². The Bertz CT molecular complexity index is 678. The van der Waals surface area contributed by atoms with E-state index in [0.29, 0.717) is 17.7 Å². The maximum atomic E-state index is 12.8. The van der Waals surface area contributed by atoms with Gasteiger partial charge in [-0.15, -0.1) is 5.10 Å². The normalized spacial score (nSPS) is 23.5. The van der Waals surface area contributed by atoms with E-state index in [1.165, 1.54) is 13.8 Å². The van der Waals surface area contributed by atoms with Crippen LogP contribution in [0.3, 0.4) is 0 Å². The molecule has 0 unspecified atom stereocenters. The fourth-order valence-electron chi connectivity index (χ4n) is 3.04. The van der Waals surface area contributed by atoms with Gasteiger partial charge in [0.2, 0.25) is 11.9 Å². The van der Waals surface area contributed by atoms with Gasteiger partial charge < -0.3 is 21.1 Å². The molecule has 0 aromatic carbocycles. The molecule has 1 rings (SSSR count). The number of rotatable bonds is 1. The Labute approximate surface area is 178 Å². The van der Waals surface area contributed by atoms with Crippen molar-refractivity contribution in [2.75, 3.05) is 13.5 Å². The second-order valence-corrected chi connectivity index (χ2v) is 7.91. The molecule has 166 valence electrons. The van der Waals surface area contributed by atoms with Crippen molar-refractivity contribution in [2.45, 2.75) is 90.0 Å². The van der Waals surface area contributed by atoms with Crippen molar-refractivity contribution in [1.82, 2.24) is 9.91 Å². The van der Waals surface area contributed by atoms with E-state index in [1.807, 2.05) is 0 Å². The maximum Gasteiger partial charge on any atom is 0.339 e. The number of ether oxygens (including phenoxy) is 1. The van der Waals surface area contributed by atoms with E-state index < -0.39 is 30.4 Å². The van der Waals surface area contributed by atoms with Crippen LogP contribution in [-0.4, -0.2) is 52.8 Å².